The minimum absolute atomic E-state index is 0.107. The van der Waals surface area contributed by atoms with Crippen molar-refractivity contribution in [1.82, 2.24) is 25.6 Å². The number of hydrogen-bond donors (Lipinski definition) is 1. The summed E-state index contributed by atoms with van der Waals surface area (Å²) in [6.07, 6.45) is 0.589. The number of aromatic nitrogens is 4. The van der Waals surface area contributed by atoms with Gasteiger partial charge in [-0.05, 0) is 29.3 Å². The molecule has 1 heterocycles. The van der Waals surface area contributed by atoms with E-state index in [0.717, 1.165) is 11.1 Å². The molecule has 0 aliphatic heterocycles. The molecule has 0 unspecified atom stereocenters. The molecular formula is C18H17FN6O. The summed E-state index contributed by atoms with van der Waals surface area (Å²) >= 11 is 0. The zero-order valence-electron chi connectivity index (χ0n) is 14.1. The Balaban J connectivity index is 1.63. The number of hydrogen-bond acceptors (Lipinski definition) is 5. The van der Waals surface area contributed by atoms with Crippen molar-refractivity contribution in [1.29, 1.82) is 0 Å². The van der Waals surface area contributed by atoms with E-state index in [-0.39, 0.29) is 18.3 Å². The van der Waals surface area contributed by atoms with Crippen molar-refractivity contribution in [2.24, 2.45) is 5.10 Å². The minimum atomic E-state index is -0.380. The highest BCUT2D eigenvalue weighted by Crippen LogP contribution is 2.11. The van der Waals surface area contributed by atoms with Crippen molar-refractivity contribution in [3.05, 3.63) is 66.0 Å². The number of nitrogens with zero attached hydrogens (tertiary/aromatic N) is 5. The van der Waals surface area contributed by atoms with E-state index in [9.17, 15) is 9.18 Å². The fourth-order valence-corrected chi connectivity index (χ4v) is 2.30. The average Bonchev–Trinajstić information content (AvgIpc) is 3.13. The lowest BCUT2D eigenvalue weighted by molar-refractivity contribution is -0.122. The average molecular weight is 352 g/mol. The summed E-state index contributed by atoms with van der Waals surface area (Å²) in [5, 5.41) is 16.1. The van der Waals surface area contributed by atoms with Crippen molar-refractivity contribution in [2.75, 3.05) is 0 Å². The highest BCUT2D eigenvalue weighted by molar-refractivity contribution is 6.00. The van der Waals surface area contributed by atoms with Gasteiger partial charge in [0.05, 0.1) is 5.71 Å². The van der Waals surface area contributed by atoms with Crippen LogP contribution in [0.5, 0.6) is 0 Å². The maximum Gasteiger partial charge on any atom is 0.263 e. The Bertz CT molecular complexity index is 905. The number of nitrogens with one attached hydrogen (secondary N) is 1. The molecule has 1 N–H and O–H groups in total. The van der Waals surface area contributed by atoms with Gasteiger partial charge in [0.15, 0.2) is 0 Å². The zero-order chi connectivity index (χ0) is 18.4. The summed E-state index contributed by atoms with van der Waals surface area (Å²) in [5.41, 5.74) is 4.69. The lowest BCUT2D eigenvalue weighted by atomic mass is 10.1. The molecule has 132 valence electrons. The predicted octanol–water partition coefficient (Wildman–Crippen LogP) is 2.41. The third-order valence-electron chi connectivity index (χ3n) is 3.60. The largest absolute Gasteiger partial charge is 0.271 e. The number of hydrazone groups is 1. The quantitative estimate of drug-likeness (QED) is 0.545. The van der Waals surface area contributed by atoms with Crippen LogP contribution in [-0.4, -0.2) is 31.8 Å². The first-order valence-corrected chi connectivity index (χ1v) is 8.10. The molecule has 0 aliphatic carbocycles. The minimum Gasteiger partial charge on any atom is -0.271 e. The van der Waals surface area contributed by atoms with Gasteiger partial charge in [-0.25, -0.2) is 9.82 Å². The van der Waals surface area contributed by atoms with Crippen molar-refractivity contribution in [3.63, 3.8) is 0 Å². The van der Waals surface area contributed by atoms with Gasteiger partial charge >= 0.3 is 0 Å². The van der Waals surface area contributed by atoms with Gasteiger partial charge in [-0.3, -0.25) is 4.79 Å². The van der Waals surface area contributed by atoms with Crippen LogP contribution in [-0.2, 0) is 11.3 Å². The van der Waals surface area contributed by atoms with Gasteiger partial charge in [0, 0.05) is 5.56 Å². The summed E-state index contributed by atoms with van der Waals surface area (Å²) in [5.74, 6) is -0.253. The number of halogens is 1. The van der Waals surface area contributed by atoms with E-state index in [1.54, 1.807) is 12.1 Å². The van der Waals surface area contributed by atoms with Crippen LogP contribution in [0.15, 0.2) is 59.7 Å². The molecule has 0 atom stereocenters. The van der Waals surface area contributed by atoms with E-state index in [0.29, 0.717) is 18.0 Å². The Hall–Kier alpha value is -3.42. The SMILES string of the molecule is CC/C(=N/NC(=O)Cn1nnc(-c2ccccc2)n1)c1ccc(F)cc1. The maximum absolute atomic E-state index is 13.0. The predicted molar refractivity (Wildman–Crippen MR) is 94.6 cm³/mol. The molecule has 0 spiro atoms. The molecule has 0 saturated carbocycles. The number of tetrazole rings is 1. The molecule has 1 amide bonds. The summed E-state index contributed by atoms with van der Waals surface area (Å²) in [6.45, 7) is 1.79. The molecule has 3 aromatic rings. The molecule has 26 heavy (non-hydrogen) atoms. The van der Waals surface area contributed by atoms with Crippen LogP contribution >= 0.6 is 0 Å². The highest BCUT2D eigenvalue weighted by Gasteiger charge is 2.09. The normalized spacial score (nSPS) is 11.4. The second-order valence-corrected chi connectivity index (χ2v) is 5.46. The third kappa shape index (κ3) is 4.35. The molecule has 0 radical (unpaired) electrons. The Kier molecular flexibility index (Phi) is 5.43. The smallest absolute Gasteiger partial charge is 0.263 e. The van der Waals surface area contributed by atoms with Crippen LogP contribution in [0.2, 0.25) is 0 Å². The number of rotatable bonds is 6. The van der Waals surface area contributed by atoms with Crippen molar-refractivity contribution in [2.45, 2.75) is 19.9 Å². The van der Waals surface area contributed by atoms with Crippen LogP contribution in [0.1, 0.15) is 18.9 Å². The lowest BCUT2D eigenvalue weighted by Gasteiger charge is -2.05. The van der Waals surface area contributed by atoms with Gasteiger partial charge in [-0.15, -0.1) is 10.2 Å². The molecule has 8 heteroatoms. The third-order valence-corrected chi connectivity index (χ3v) is 3.60. The van der Waals surface area contributed by atoms with Gasteiger partial charge in [0.25, 0.3) is 5.91 Å². The summed E-state index contributed by atoms with van der Waals surface area (Å²) in [4.78, 5) is 13.3. The summed E-state index contributed by atoms with van der Waals surface area (Å²) < 4.78 is 13.0. The molecule has 0 fully saturated rings. The fraction of sp³-hybridized carbons (Fsp3) is 0.167. The van der Waals surface area contributed by atoms with Gasteiger partial charge in [0.1, 0.15) is 12.4 Å². The fourth-order valence-electron chi connectivity index (χ4n) is 2.30. The number of carbonyl (C=O) groups excluding carboxylic acids is 1. The highest BCUT2D eigenvalue weighted by atomic mass is 19.1. The molecule has 3 rings (SSSR count). The maximum atomic E-state index is 13.0. The first kappa shape index (κ1) is 17.4. The first-order valence-electron chi connectivity index (χ1n) is 8.10. The number of benzene rings is 2. The van der Waals surface area contributed by atoms with Gasteiger partial charge < -0.3 is 0 Å². The van der Waals surface area contributed by atoms with Gasteiger partial charge in [-0.2, -0.15) is 9.90 Å². The topological polar surface area (TPSA) is 85.1 Å². The number of amides is 1. The summed E-state index contributed by atoms with van der Waals surface area (Å²) in [7, 11) is 0. The van der Waals surface area contributed by atoms with Gasteiger partial charge in [-0.1, -0.05) is 49.4 Å². The molecule has 0 bridgehead atoms. The van der Waals surface area contributed by atoms with E-state index in [2.05, 4.69) is 25.9 Å². The Labute approximate surface area is 149 Å². The standard InChI is InChI=1S/C18H17FN6O/c1-2-16(13-8-10-15(19)11-9-13)20-21-17(26)12-25-23-18(22-24-25)14-6-4-3-5-7-14/h3-11H,2,12H2,1H3,(H,21,26)/b20-16-. The van der Waals surface area contributed by atoms with Crippen LogP contribution in [0, 0.1) is 5.82 Å². The van der Waals surface area contributed by atoms with Crippen LogP contribution < -0.4 is 5.43 Å². The molecule has 2 aromatic carbocycles. The van der Waals surface area contributed by atoms with E-state index in [1.807, 2.05) is 37.3 Å². The Morgan fingerprint density at radius 1 is 1.15 bits per heavy atom. The second-order valence-electron chi connectivity index (χ2n) is 5.46. The zero-order valence-corrected chi connectivity index (χ0v) is 14.1. The Morgan fingerprint density at radius 2 is 1.88 bits per heavy atom. The van der Waals surface area contributed by atoms with Crippen LogP contribution in [0.25, 0.3) is 11.4 Å². The van der Waals surface area contributed by atoms with Gasteiger partial charge in [0.2, 0.25) is 5.82 Å². The summed E-state index contributed by atoms with van der Waals surface area (Å²) in [6, 6.07) is 15.3. The van der Waals surface area contributed by atoms with Crippen LogP contribution in [0.4, 0.5) is 4.39 Å². The molecule has 1 aromatic heterocycles. The van der Waals surface area contributed by atoms with Crippen molar-refractivity contribution < 1.29 is 9.18 Å². The van der Waals surface area contributed by atoms with E-state index in [1.165, 1.54) is 16.9 Å². The van der Waals surface area contributed by atoms with E-state index >= 15 is 0 Å². The Morgan fingerprint density at radius 3 is 2.58 bits per heavy atom. The monoisotopic (exact) mass is 352 g/mol. The molecular weight excluding hydrogens is 335 g/mol. The van der Waals surface area contributed by atoms with Crippen molar-refractivity contribution >= 4 is 11.6 Å². The first-order chi connectivity index (χ1) is 12.7. The molecule has 0 saturated heterocycles. The number of carbonyl (C=O) groups is 1. The second kappa shape index (κ2) is 8.11. The van der Waals surface area contributed by atoms with Crippen LogP contribution in [0.3, 0.4) is 0 Å². The molecule has 0 aliphatic rings. The molecule has 7 nitrogen and oxygen atoms in total. The van der Waals surface area contributed by atoms with E-state index < -0.39 is 0 Å². The van der Waals surface area contributed by atoms with Crippen molar-refractivity contribution in [3.8, 4) is 11.4 Å². The lowest BCUT2D eigenvalue weighted by Crippen LogP contribution is -2.25. The van der Waals surface area contributed by atoms with E-state index in [4.69, 9.17) is 0 Å².